The molecule has 3 atom stereocenters. The highest BCUT2D eigenvalue weighted by molar-refractivity contribution is 5.93. The lowest BCUT2D eigenvalue weighted by atomic mass is 9.84. The Balaban J connectivity index is 1.40. The van der Waals surface area contributed by atoms with Crippen molar-refractivity contribution in [1.29, 1.82) is 0 Å². The first-order valence-electron chi connectivity index (χ1n) is 14.9. The Labute approximate surface area is 252 Å². The average molecular weight is 585 g/mol. The van der Waals surface area contributed by atoms with E-state index in [1.807, 2.05) is 60.7 Å². The van der Waals surface area contributed by atoms with Gasteiger partial charge in [0.25, 0.3) is 0 Å². The molecule has 1 aromatic heterocycles. The SMILES string of the molecule is CC(C)(C)OC(=O)N[C@H](C(=O)N1CCC[C@H]1C(=O)NC1CCc2nc(N)ncc2C1)C(c1ccccc1)c1ccccc1. The lowest BCUT2D eigenvalue weighted by molar-refractivity contribution is -0.140. The summed E-state index contributed by atoms with van der Waals surface area (Å²) in [7, 11) is 0. The van der Waals surface area contributed by atoms with Crippen LogP contribution in [0.2, 0.25) is 0 Å². The maximum Gasteiger partial charge on any atom is 0.408 e. The molecule has 1 aliphatic heterocycles. The van der Waals surface area contributed by atoms with Gasteiger partial charge in [0.1, 0.15) is 17.7 Å². The molecule has 1 saturated heterocycles. The number of fused-ring (bicyclic) bond motifs is 1. The van der Waals surface area contributed by atoms with Crippen molar-refractivity contribution in [2.24, 2.45) is 0 Å². The second-order valence-corrected chi connectivity index (χ2v) is 12.3. The predicted molar refractivity (Wildman–Crippen MR) is 163 cm³/mol. The summed E-state index contributed by atoms with van der Waals surface area (Å²) < 4.78 is 5.60. The van der Waals surface area contributed by atoms with E-state index in [-0.39, 0.29) is 23.8 Å². The van der Waals surface area contributed by atoms with E-state index in [2.05, 4.69) is 20.6 Å². The van der Waals surface area contributed by atoms with Gasteiger partial charge < -0.3 is 26.0 Å². The van der Waals surface area contributed by atoms with Crippen molar-refractivity contribution in [2.75, 3.05) is 12.3 Å². The maximum atomic E-state index is 14.5. The van der Waals surface area contributed by atoms with Crippen LogP contribution >= 0.6 is 0 Å². The highest BCUT2D eigenvalue weighted by Crippen LogP contribution is 2.31. The smallest absolute Gasteiger partial charge is 0.408 e. The number of aryl methyl sites for hydroxylation is 1. The lowest BCUT2D eigenvalue weighted by Crippen LogP contribution is -2.57. The lowest BCUT2D eigenvalue weighted by Gasteiger charge is -2.34. The number of nitrogens with two attached hydrogens (primary N) is 1. The number of likely N-dealkylation sites (tertiary alicyclic amines) is 1. The van der Waals surface area contributed by atoms with Crippen molar-refractivity contribution in [3.05, 3.63) is 89.2 Å². The quantitative estimate of drug-likeness (QED) is 0.384. The van der Waals surface area contributed by atoms with Gasteiger partial charge in [0, 0.05) is 30.4 Å². The van der Waals surface area contributed by atoms with E-state index in [9.17, 15) is 14.4 Å². The first-order chi connectivity index (χ1) is 20.6. The molecule has 2 aliphatic rings. The van der Waals surface area contributed by atoms with E-state index < -0.39 is 29.7 Å². The number of carbonyl (C=O) groups is 3. The number of anilines is 1. The number of hydrogen-bond donors (Lipinski definition) is 3. The van der Waals surface area contributed by atoms with E-state index in [1.165, 1.54) is 0 Å². The zero-order chi connectivity index (χ0) is 30.6. The molecule has 1 fully saturated rings. The summed E-state index contributed by atoms with van der Waals surface area (Å²) in [6.45, 7) is 5.75. The summed E-state index contributed by atoms with van der Waals surface area (Å²) in [5, 5.41) is 6.07. The fourth-order valence-corrected chi connectivity index (χ4v) is 6.05. The number of alkyl carbamates (subject to hydrolysis) is 1. The molecule has 226 valence electrons. The van der Waals surface area contributed by atoms with Gasteiger partial charge in [-0.15, -0.1) is 0 Å². The maximum absolute atomic E-state index is 14.5. The van der Waals surface area contributed by atoms with Crippen molar-refractivity contribution in [1.82, 2.24) is 25.5 Å². The minimum Gasteiger partial charge on any atom is -0.444 e. The first-order valence-corrected chi connectivity index (χ1v) is 14.9. The van der Waals surface area contributed by atoms with E-state index in [0.29, 0.717) is 32.2 Å². The number of ether oxygens (including phenoxy) is 1. The Morgan fingerprint density at radius 3 is 2.28 bits per heavy atom. The molecular weight excluding hydrogens is 544 g/mol. The molecule has 4 N–H and O–H groups in total. The Morgan fingerprint density at radius 1 is 1.00 bits per heavy atom. The summed E-state index contributed by atoms with van der Waals surface area (Å²) in [6, 6.07) is 17.5. The minimum atomic E-state index is -1.00. The second kappa shape index (κ2) is 12.8. The number of aromatic nitrogens is 2. The van der Waals surface area contributed by atoms with Crippen molar-refractivity contribution < 1.29 is 19.1 Å². The Hall–Kier alpha value is -4.47. The Kier molecular flexibility index (Phi) is 8.94. The molecule has 2 heterocycles. The number of nitrogen functional groups attached to an aromatic ring is 1. The molecule has 2 aromatic carbocycles. The van der Waals surface area contributed by atoms with Crippen molar-refractivity contribution in [3.8, 4) is 0 Å². The number of nitrogens with one attached hydrogen (secondary N) is 2. The van der Waals surface area contributed by atoms with Crippen LogP contribution in [0.4, 0.5) is 10.7 Å². The van der Waals surface area contributed by atoms with Crippen molar-refractivity contribution in [3.63, 3.8) is 0 Å². The van der Waals surface area contributed by atoms with E-state index in [1.54, 1.807) is 31.9 Å². The molecule has 3 amide bonds. The number of rotatable bonds is 7. The molecule has 0 spiro atoms. The molecule has 0 bridgehead atoms. The minimum absolute atomic E-state index is 0.0955. The average Bonchev–Trinajstić information content (AvgIpc) is 3.47. The van der Waals surface area contributed by atoms with Gasteiger partial charge in [0.05, 0.1) is 0 Å². The van der Waals surface area contributed by atoms with Gasteiger partial charge >= 0.3 is 6.09 Å². The monoisotopic (exact) mass is 584 g/mol. The summed E-state index contributed by atoms with van der Waals surface area (Å²) in [4.78, 5) is 51.4. The molecule has 5 rings (SSSR count). The molecule has 3 aromatic rings. The van der Waals surface area contributed by atoms with Crippen LogP contribution < -0.4 is 16.4 Å². The largest absolute Gasteiger partial charge is 0.444 e. The fourth-order valence-electron chi connectivity index (χ4n) is 6.05. The molecule has 43 heavy (non-hydrogen) atoms. The topological polar surface area (TPSA) is 140 Å². The van der Waals surface area contributed by atoms with Crippen molar-refractivity contribution >= 4 is 23.9 Å². The van der Waals surface area contributed by atoms with Gasteiger partial charge in [-0.1, -0.05) is 60.7 Å². The molecule has 0 saturated carbocycles. The summed E-state index contributed by atoms with van der Waals surface area (Å²) >= 11 is 0. The highest BCUT2D eigenvalue weighted by atomic mass is 16.6. The van der Waals surface area contributed by atoms with Gasteiger partial charge in [-0.3, -0.25) is 9.59 Å². The molecule has 1 unspecified atom stereocenters. The van der Waals surface area contributed by atoms with Gasteiger partial charge in [-0.05, 0) is 69.6 Å². The predicted octanol–water partition coefficient (Wildman–Crippen LogP) is 3.75. The number of nitrogens with zero attached hydrogens (tertiary/aromatic N) is 3. The first kappa shape index (κ1) is 30.0. The van der Waals surface area contributed by atoms with Gasteiger partial charge in [0.2, 0.25) is 17.8 Å². The highest BCUT2D eigenvalue weighted by Gasteiger charge is 2.42. The van der Waals surface area contributed by atoms with Crippen LogP contribution in [-0.2, 0) is 27.2 Å². The summed E-state index contributed by atoms with van der Waals surface area (Å²) in [5.41, 5.74) is 8.61. The zero-order valence-electron chi connectivity index (χ0n) is 25.0. The number of amides is 3. The second-order valence-electron chi connectivity index (χ2n) is 12.3. The Bertz CT molecular complexity index is 1400. The summed E-state index contributed by atoms with van der Waals surface area (Å²) in [6.07, 6.45) is 4.29. The van der Waals surface area contributed by atoms with Crippen LogP contribution in [0.3, 0.4) is 0 Å². The fraction of sp³-hybridized carbons (Fsp3) is 0.424. The van der Waals surface area contributed by atoms with E-state index in [0.717, 1.165) is 28.8 Å². The molecule has 0 radical (unpaired) electrons. The van der Waals surface area contributed by atoms with Crippen LogP contribution in [0.5, 0.6) is 0 Å². The van der Waals surface area contributed by atoms with Crippen LogP contribution in [0.15, 0.2) is 66.9 Å². The van der Waals surface area contributed by atoms with Gasteiger partial charge in [0.15, 0.2) is 0 Å². The molecule has 1 aliphatic carbocycles. The third kappa shape index (κ3) is 7.31. The van der Waals surface area contributed by atoms with E-state index >= 15 is 0 Å². The standard InChI is InChI=1S/C33H40N6O4/c1-33(2,3)43-32(42)38-28(27(21-11-6-4-7-12-21)22-13-8-5-9-14-22)30(41)39-18-10-15-26(39)29(40)36-24-16-17-25-23(19-24)20-35-31(34)37-25/h4-9,11-14,20,24,26-28H,10,15-19H2,1-3H3,(H,36,40)(H,38,42)(H2,34,35,37)/t24?,26-,28-/m0/s1. The van der Waals surface area contributed by atoms with Crippen molar-refractivity contribution in [2.45, 2.75) is 82.5 Å². The normalized spacial score (nSPS) is 18.9. The molecule has 10 nitrogen and oxygen atoms in total. The van der Waals surface area contributed by atoms with Crippen LogP contribution in [0.1, 0.15) is 68.3 Å². The number of carbonyl (C=O) groups excluding carboxylic acids is 3. The van der Waals surface area contributed by atoms with Gasteiger partial charge in [-0.25, -0.2) is 14.8 Å². The number of benzene rings is 2. The van der Waals surface area contributed by atoms with E-state index in [4.69, 9.17) is 10.5 Å². The van der Waals surface area contributed by atoms with Crippen LogP contribution in [0, 0.1) is 0 Å². The summed E-state index contributed by atoms with van der Waals surface area (Å²) in [5.74, 6) is -0.768. The Morgan fingerprint density at radius 2 is 1.65 bits per heavy atom. The van der Waals surface area contributed by atoms with Gasteiger partial charge in [-0.2, -0.15) is 0 Å². The third-order valence-corrected chi connectivity index (χ3v) is 7.94. The third-order valence-electron chi connectivity index (χ3n) is 7.94. The number of hydrogen-bond acceptors (Lipinski definition) is 7. The van der Waals surface area contributed by atoms with Crippen LogP contribution in [-0.4, -0.2) is 63.0 Å². The molecular formula is C33H40N6O4. The van der Waals surface area contributed by atoms with Crippen LogP contribution in [0.25, 0.3) is 0 Å². The molecule has 10 heteroatoms. The zero-order valence-corrected chi connectivity index (χ0v) is 25.0.